The molecule has 5 saturated carbocycles. The molecule has 5 aliphatic carbocycles. The summed E-state index contributed by atoms with van der Waals surface area (Å²) < 4.78 is 0. The van der Waals surface area contributed by atoms with Crippen molar-refractivity contribution in [1.82, 2.24) is 0 Å². The Balaban J connectivity index is 1.60. The van der Waals surface area contributed by atoms with Crippen LogP contribution >= 0.6 is 0 Å². The van der Waals surface area contributed by atoms with Gasteiger partial charge in [0.05, 0.1) is 0 Å². The molecular formula is C20H30. The molecule has 110 valence electrons. The van der Waals surface area contributed by atoms with Gasteiger partial charge in [-0.1, -0.05) is 34.6 Å². The van der Waals surface area contributed by atoms with E-state index in [4.69, 9.17) is 0 Å². The molecule has 5 aliphatic rings. The fourth-order valence-corrected chi connectivity index (χ4v) is 8.18. The smallest absolute Gasteiger partial charge is 0.00944 e. The summed E-state index contributed by atoms with van der Waals surface area (Å²) in [4.78, 5) is 0. The molecule has 5 rings (SSSR count). The highest BCUT2D eigenvalue weighted by molar-refractivity contribution is 5.47. The summed E-state index contributed by atoms with van der Waals surface area (Å²) in [5.41, 5.74) is 1.75. The van der Waals surface area contributed by atoms with E-state index in [-0.39, 0.29) is 0 Å². The second-order valence-corrected chi connectivity index (χ2v) is 10.1. The third-order valence-electron chi connectivity index (χ3n) is 9.53. The standard InChI is InChI=1S/C20H30/c1-18(2)12-6-7-13(18)16-11(12)10-15-17(16)14-8-9-20(15,5)19(14,3)4/h11-14,16H,6-10H2,1-5H3. The molecule has 0 aromatic carbocycles. The van der Waals surface area contributed by atoms with Gasteiger partial charge in [0.25, 0.3) is 0 Å². The third kappa shape index (κ3) is 1.00. The Hall–Kier alpha value is 0. The van der Waals surface area contributed by atoms with Crippen LogP contribution < -0.4 is 0 Å². The van der Waals surface area contributed by atoms with E-state index in [0.29, 0.717) is 16.2 Å². The summed E-state index contributed by atoms with van der Waals surface area (Å²) in [5, 5.41) is 0. The predicted octanol–water partition coefficient (Wildman–Crippen LogP) is 5.29. The molecule has 0 aliphatic heterocycles. The first-order valence-electron chi connectivity index (χ1n) is 9.03. The summed E-state index contributed by atoms with van der Waals surface area (Å²) in [6, 6.07) is 0. The Morgan fingerprint density at radius 2 is 1.60 bits per heavy atom. The van der Waals surface area contributed by atoms with Crippen molar-refractivity contribution in [2.45, 2.75) is 66.7 Å². The summed E-state index contributed by atoms with van der Waals surface area (Å²) in [6.45, 7) is 13.0. The molecular weight excluding hydrogens is 240 g/mol. The van der Waals surface area contributed by atoms with Gasteiger partial charge in [0.15, 0.2) is 0 Å². The van der Waals surface area contributed by atoms with E-state index in [0.717, 1.165) is 29.6 Å². The van der Waals surface area contributed by atoms with Crippen molar-refractivity contribution in [2.75, 3.05) is 0 Å². The fraction of sp³-hybridized carbons (Fsp3) is 0.900. The Morgan fingerprint density at radius 1 is 0.900 bits per heavy atom. The van der Waals surface area contributed by atoms with Crippen LogP contribution in [0.1, 0.15) is 66.7 Å². The van der Waals surface area contributed by atoms with Crippen LogP contribution in [0.5, 0.6) is 0 Å². The van der Waals surface area contributed by atoms with Crippen molar-refractivity contribution >= 4 is 0 Å². The van der Waals surface area contributed by atoms with Crippen LogP contribution in [-0.4, -0.2) is 0 Å². The number of fused-ring (bicyclic) bond motifs is 11. The minimum Gasteiger partial charge on any atom is -0.0594 e. The summed E-state index contributed by atoms with van der Waals surface area (Å²) >= 11 is 0. The van der Waals surface area contributed by atoms with Crippen LogP contribution in [0.25, 0.3) is 0 Å². The second kappa shape index (κ2) is 3.18. The summed E-state index contributed by atoms with van der Waals surface area (Å²) in [7, 11) is 0. The first kappa shape index (κ1) is 12.5. The van der Waals surface area contributed by atoms with Gasteiger partial charge in [-0.25, -0.2) is 0 Å². The van der Waals surface area contributed by atoms with Crippen LogP contribution in [0.4, 0.5) is 0 Å². The van der Waals surface area contributed by atoms with Gasteiger partial charge in [-0.05, 0) is 89.8 Å². The van der Waals surface area contributed by atoms with E-state index in [1.807, 2.05) is 11.8 Å². The second-order valence-electron chi connectivity index (χ2n) is 10.1. The van der Waals surface area contributed by atoms with E-state index in [9.17, 15) is 0 Å². The zero-order valence-corrected chi connectivity index (χ0v) is 13.9. The molecule has 5 fully saturated rings. The quantitative estimate of drug-likeness (QED) is 0.561. The molecule has 0 N–H and O–H groups in total. The molecule has 6 atom stereocenters. The molecule has 20 heavy (non-hydrogen) atoms. The maximum atomic E-state index is 2.61. The first-order chi connectivity index (χ1) is 9.30. The van der Waals surface area contributed by atoms with Gasteiger partial charge in [-0.3, -0.25) is 0 Å². The van der Waals surface area contributed by atoms with Gasteiger partial charge >= 0.3 is 0 Å². The highest BCUT2D eigenvalue weighted by Gasteiger charge is 2.75. The maximum Gasteiger partial charge on any atom is -0.00944 e. The highest BCUT2D eigenvalue weighted by atomic mass is 14.8. The van der Waals surface area contributed by atoms with Crippen molar-refractivity contribution in [3.05, 3.63) is 11.8 Å². The van der Waals surface area contributed by atoms with Gasteiger partial charge in [-0.2, -0.15) is 0 Å². The zero-order valence-electron chi connectivity index (χ0n) is 13.9. The van der Waals surface area contributed by atoms with Gasteiger partial charge in [0, 0.05) is 0 Å². The van der Waals surface area contributed by atoms with Crippen molar-refractivity contribution in [3.63, 3.8) is 0 Å². The van der Waals surface area contributed by atoms with Crippen LogP contribution in [0, 0.1) is 57.7 Å². The van der Waals surface area contributed by atoms with Gasteiger partial charge in [0.1, 0.15) is 0 Å². The Labute approximate surface area is 125 Å². The fourth-order valence-electron chi connectivity index (χ4n) is 8.18. The van der Waals surface area contributed by atoms with Crippen LogP contribution in [0.2, 0.25) is 0 Å². The predicted molar refractivity (Wildman–Crippen MR) is 82.7 cm³/mol. The number of hydrogen-bond acceptors (Lipinski definition) is 0. The number of hydrogen-bond donors (Lipinski definition) is 0. The van der Waals surface area contributed by atoms with Crippen LogP contribution in [-0.2, 0) is 0 Å². The largest absolute Gasteiger partial charge is 0.0594 e. The van der Waals surface area contributed by atoms with Gasteiger partial charge in [-0.15, -0.1) is 0 Å². The summed E-state index contributed by atoms with van der Waals surface area (Å²) in [6.07, 6.45) is 7.51. The van der Waals surface area contributed by atoms with Gasteiger partial charge in [0.2, 0.25) is 0 Å². The lowest BCUT2D eigenvalue weighted by Gasteiger charge is -2.39. The van der Waals surface area contributed by atoms with Gasteiger partial charge < -0.3 is 0 Å². The Morgan fingerprint density at radius 3 is 2.35 bits per heavy atom. The lowest BCUT2D eigenvalue weighted by Crippen LogP contribution is -2.32. The zero-order chi connectivity index (χ0) is 14.1. The molecule has 0 aromatic rings. The highest BCUT2D eigenvalue weighted by Crippen LogP contribution is 2.83. The van der Waals surface area contributed by atoms with Crippen molar-refractivity contribution in [3.8, 4) is 0 Å². The van der Waals surface area contributed by atoms with E-state index >= 15 is 0 Å². The average Bonchev–Trinajstić information content (AvgIpc) is 3.03. The van der Waals surface area contributed by atoms with Crippen LogP contribution in [0.3, 0.4) is 0 Å². The van der Waals surface area contributed by atoms with E-state index in [1.54, 1.807) is 0 Å². The molecule has 0 spiro atoms. The molecule has 4 bridgehead atoms. The minimum atomic E-state index is 0.550. The SMILES string of the molecule is CC1(C)C2CCC1C1[C]3[C](CC12)C1(C)CCC3C1(C)C. The summed E-state index contributed by atoms with van der Waals surface area (Å²) in [5.74, 6) is 9.04. The molecule has 6 unspecified atom stereocenters. The Kier molecular flexibility index (Phi) is 1.99. The monoisotopic (exact) mass is 270 g/mol. The van der Waals surface area contributed by atoms with Crippen molar-refractivity contribution < 1.29 is 0 Å². The third-order valence-corrected chi connectivity index (χ3v) is 9.53. The lowest BCUT2D eigenvalue weighted by atomic mass is 9.65. The van der Waals surface area contributed by atoms with Crippen molar-refractivity contribution in [1.29, 1.82) is 0 Å². The topological polar surface area (TPSA) is 0 Å². The molecule has 0 saturated heterocycles. The van der Waals surface area contributed by atoms with E-state index < -0.39 is 0 Å². The average molecular weight is 270 g/mol. The van der Waals surface area contributed by atoms with E-state index in [1.165, 1.54) is 32.1 Å². The molecule has 0 heteroatoms. The van der Waals surface area contributed by atoms with Crippen molar-refractivity contribution in [2.24, 2.45) is 45.8 Å². The van der Waals surface area contributed by atoms with E-state index in [2.05, 4.69) is 34.6 Å². The minimum absolute atomic E-state index is 0.550. The van der Waals surface area contributed by atoms with Crippen LogP contribution in [0.15, 0.2) is 0 Å². The first-order valence-corrected chi connectivity index (χ1v) is 9.03. The molecule has 0 heterocycles. The maximum absolute atomic E-state index is 2.61. The molecule has 0 amide bonds. The molecule has 2 radical (unpaired) electrons. The number of rotatable bonds is 0. The molecule has 0 nitrogen and oxygen atoms in total. The lowest BCUT2D eigenvalue weighted by molar-refractivity contribution is 0.140. The Bertz CT molecular complexity index is 472. The normalized spacial score (nSPS) is 58.4. The molecule has 0 aromatic heterocycles.